The standard InChI is InChI=1S/C3H6OS2/c1-4-2-3(5)6/h2H2,1H3,(H,5,6)/p-1. The van der Waals surface area contributed by atoms with Gasteiger partial charge in [0.05, 0.1) is 6.61 Å². The zero-order valence-corrected chi connectivity index (χ0v) is 5.06. The van der Waals surface area contributed by atoms with Gasteiger partial charge >= 0.3 is 0 Å². The SMILES string of the molecule is COCC(=S)[S-]. The van der Waals surface area contributed by atoms with Crippen LogP contribution in [0.15, 0.2) is 0 Å². The van der Waals surface area contributed by atoms with Crippen LogP contribution in [0.5, 0.6) is 0 Å². The van der Waals surface area contributed by atoms with E-state index in [1.807, 2.05) is 0 Å². The summed E-state index contributed by atoms with van der Waals surface area (Å²) >= 11 is 8.97. The molecule has 0 aliphatic rings. The van der Waals surface area contributed by atoms with E-state index in [0.717, 1.165) is 0 Å². The van der Waals surface area contributed by atoms with Gasteiger partial charge in [-0.3, -0.25) is 0 Å². The van der Waals surface area contributed by atoms with Gasteiger partial charge in [0, 0.05) is 7.11 Å². The fraction of sp³-hybridized carbons (Fsp3) is 0.667. The third kappa shape index (κ3) is 4.27. The van der Waals surface area contributed by atoms with Gasteiger partial charge in [-0.1, -0.05) is 0 Å². The fourth-order valence-electron chi connectivity index (χ4n) is 0.118. The van der Waals surface area contributed by atoms with Crippen LogP contribution in [-0.4, -0.2) is 17.9 Å². The molecule has 0 amide bonds. The number of rotatable bonds is 2. The molecule has 0 heterocycles. The molecule has 0 aromatic rings. The van der Waals surface area contributed by atoms with Crippen molar-refractivity contribution >= 4 is 29.0 Å². The second kappa shape index (κ2) is 3.46. The second-order valence-electron chi connectivity index (χ2n) is 0.805. The summed E-state index contributed by atoms with van der Waals surface area (Å²) in [7, 11) is 1.57. The first kappa shape index (κ1) is 6.27. The van der Waals surface area contributed by atoms with E-state index in [9.17, 15) is 0 Å². The minimum atomic E-state index is 0.421. The average Bonchev–Trinajstić information content (AvgIpc) is 1.35. The maximum absolute atomic E-state index is 4.56. The zero-order valence-electron chi connectivity index (χ0n) is 3.43. The van der Waals surface area contributed by atoms with E-state index in [4.69, 9.17) is 0 Å². The Morgan fingerprint density at radius 3 is 2.50 bits per heavy atom. The smallest absolute Gasteiger partial charge is 0.0534 e. The largest absolute Gasteiger partial charge is 0.431 e. The Morgan fingerprint density at radius 1 is 2.00 bits per heavy atom. The van der Waals surface area contributed by atoms with Gasteiger partial charge in [-0.2, -0.15) is 0 Å². The van der Waals surface area contributed by atoms with Crippen molar-refractivity contribution in [2.24, 2.45) is 0 Å². The Hall–Kier alpha value is 0.270. The predicted molar refractivity (Wildman–Crippen MR) is 31.8 cm³/mol. The lowest BCUT2D eigenvalue weighted by Gasteiger charge is -1.98. The Kier molecular flexibility index (Phi) is 3.62. The summed E-state index contributed by atoms with van der Waals surface area (Å²) in [6.45, 7) is 0.421. The van der Waals surface area contributed by atoms with Gasteiger partial charge in [0.15, 0.2) is 0 Å². The number of methoxy groups -OCH3 is 1. The van der Waals surface area contributed by atoms with Crippen molar-refractivity contribution in [2.45, 2.75) is 0 Å². The lowest BCUT2D eigenvalue weighted by Crippen LogP contribution is -1.97. The maximum atomic E-state index is 4.56. The van der Waals surface area contributed by atoms with Crippen LogP contribution in [0.1, 0.15) is 0 Å². The zero-order chi connectivity index (χ0) is 4.99. The third-order valence-electron chi connectivity index (χ3n) is 0.262. The van der Waals surface area contributed by atoms with Crippen molar-refractivity contribution in [3.8, 4) is 0 Å². The van der Waals surface area contributed by atoms with Crippen LogP contribution in [0, 0.1) is 0 Å². The van der Waals surface area contributed by atoms with Crippen LogP contribution in [-0.2, 0) is 17.4 Å². The summed E-state index contributed by atoms with van der Waals surface area (Å²) in [5, 5.41) is 0. The van der Waals surface area contributed by atoms with E-state index < -0.39 is 0 Å². The van der Waals surface area contributed by atoms with Crippen molar-refractivity contribution in [1.29, 1.82) is 0 Å². The van der Waals surface area contributed by atoms with Crippen molar-refractivity contribution in [1.82, 2.24) is 0 Å². The van der Waals surface area contributed by atoms with Crippen LogP contribution in [0.4, 0.5) is 0 Å². The molecule has 1 nitrogen and oxygen atoms in total. The van der Waals surface area contributed by atoms with Gasteiger partial charge in [-0.15, -0.1) is 4.20 Å². The number of ether oxygens (including phenoxy) is 1. The van der Waals surface area contributed by atoms with E-state index in [1.165, 1.54) is 0 Å². The van der Waals surface area contributed by atoms with Gasteiger partial charge in [-0.25, -0.2) is 0 Å². The minimum Gasteiger partial charge on any atom is -0.431 e. The maximum Gasteiger partial charge on any atom is 0.0534 e. The van der Waals surface area contributed by atoms with Crippen LogP contribution >= 0.6 is 12.2 Å². The molecule has 0 spiro atoms. The Balaban J connectivity index is 2.83. The van der Waals surface area contributed by atoms with E-state index in [-0.39, 0.29) is 0 Å². The van der Waals surface area contributed by atoms with Crippen molar-refractivity contribution in [3.63, 3.8) is 0 Å². The molecule has 3 heteroatoms. The topological polar surface area (TPSA) is 9.23 Å². The number of thiocarbonyl (C=S) groups is 1. The lowest BCUT2D eigenvalue weighted by molar-refractivity contribution is 0.248. The molecule has 0 rings (SSSR count). The monoisotopic (exact) mass is 121 g/mol. The molecule has 0 saturated carbocycles. The van der Waals surface area contributed by atoms with Crippen molar-refractivity contribution in [2.75, 3.05) is 13.7 Å². The third-order valence-corrected chi connectivity index (χ3v) is 0.498. The molecule has 0 bridgehead atoms. The highest BCUT2D eigenvalue weighted by molar-refractivity contribution is 8.00. The molecular formula is C3H5OS2-. The van der Waals surface area contributed by atoms with E-state index in [0.29, 0.717) is 10.8 Å². The summed E-state index contributed by atoms with van der Waals surface area (Å²) in [5.41, 5.74) is 0. The molecule has 0 atom stereocenters. The highest BCUT2D eigenvalue weighted by atomic mass is 32.1. The van der Waals surface area contributed by atoms with Crippen LogP contribution in [0.25, 0.3) is 0 Å². The van der Waals surface area contributed by atoms with Crippen molar-refractivity contribution in [3.05, 3.63) is 0 Å². The minimum absolute atomic E-state index is 0.421. The molecule has 0 aliphatic heterocycles. The van der Waals surface area contributed by atoms with Gasteiger partial charge in [0.1, 0.15) is 0 Å². The van der Waals surface area contributed by atoms with E-state index >= 15 is 0 Å². The molecule has 6 heavy (non-hydrogen) atoms. The van der Waals surface area contributed by atoms with E-state index in [1.54, 1.807) is 7.11 Å². The average molecular weight is 121 g/mol. The van der Waals surface area contributed by atoms with Gasteiger partial charge in [0.25, 0.3) is 0 Å². The highest BCUT2D eigenvalue weighted by Gasteiger charge is 1.67. The van der Waals surface area contributed by atoms with Gasteiger partial charge in [-0.05, 0) is 0 Å². The summed E-state index contributed by atoms with van der Waals surface area (Å²) in [4.78, 5) is 0. The van der Waals surface area contributed by atoms with Crippen LogP contribution in [0.2, 0.25) is 0 Å². The van der Waals surface area contributed by atoms with Crippen LogP contribution in [0.3, 0.4) is 0 Å². The number of hydrogen-bond donors (Lipinski definition) is 0. The Bertz CT molecular complexity index is 52.8. The first-order valence-electron chi connectivity index (χ1n) is 1.46. The van der Waals surface area contributed by atoms with E-state index in [2.05, 4.69) is 29.6 Å². The molecule has 0 aromatic carbocycles. The number of hydrogen-bond acceptors (Lipinski definition) is 3. The summed E-state index contributed by atoms with van der Waals surface area (Å²) in [6.07, 6.45) is 0. The van der Waals surface area contributed by atoms with Gasteiger partial charge < -0.3 is 29.6 Å². The summed E-state index contributed by atoms with van der Waals surface area (Å²) in [6, 6.07) is 0. The predicted octanol–water partition coefficient (Wildman–Crippen LogP) is 0.507. The molecule has 0 aromatic heterocycles. The Morgan fingerprint density at radius 2 is 2.50 bits per heavy atom. The molecule has 0 unspecified atom stereocenters. The molecule has 0 N–H and O–H groups in total. The first-order valence-corrected chi connectivity index (χ1v) is 2.28. The molecule has 0 aliphatic carbocycles. The molecule has 0 radical (unpaired) electrons. The second-order valence-corrected chi connectivity index (χ2v) is 2.05. The molecular weight excluding hydrogens is 116 g/mol. The summed E-state index contributed by atoms with van der Waals surface area (Å²) in [5.74, 6) is 0. The summed E-state index contributed by atoms with van der Waals surface area (Å²) < 4.78 is 5.04. The fourth-order valence-corrected chi connectivity index (χ4v) is 0.354. The first-order chi connectivity index (χ1) is 2.77. The van der Waals surface area contributed by atoms with Crippen LogP contribution < -0.4 is 0 Å². The van der Waals surface area contributed by atoms with Crippen molar-refractivity contribution < 1.29 is 4.74 Å². The van der Waals surface area contributed by atoms with Gasteiger partial charge in [0.2, 0.25) is 0 Å². The lowest BCUT2D eigenvalue weighted by atomic mass is 10.9. The highest BCUT2D eigenvalue weighted by Crippen LogP contribution is 1.70. The molecule has 0 fully saturated rings. The molecule has 0 saturated heterocycles. The molecule has 36 valence electrons. The normalized spacial score (nSPS) is 8.17. The quantitative estimate of drug-likeness (QED) is 0.389. The Labute approximate surface area is 48.1 Å².